The summed E-state index contributed by atoms with van der Waals surface area (Å²) >= 11 is 1.55. The van der Waals surface area contributed by atoms with Crippen molar-refractivity contribution in [3.8, 4) is 0 Å². The van der Waals surface area contributed by atoms with Crippen LogP contribution in [-0.4, -0.2) is 23.1 Å². The summed E-state index contributed by atoms with van der Waals surface area (Å²) in [6.45, 7) is -0.523. The number of nitrogens with one attached hydrogen (secondary N) is 1. The van der Waals surface area contributed by atoms with Gasteiger partial charge in [0.15, 0.2) is 12.0 Å². The number of rotatable bonds is 7. The van der Waals surface area contributed by atoms with Gasteiger partial charge in [-0.1, -0.05) is 60.7 Å². The molecule has 0 fully saturated rings. The van der Waals surface area contributed by atoms with Gasteiger partial charge in [0.1, 0.15) is 6.54 Å². The lowest BCUT2D eigenvalue weighted by atomic mass is 10.1. The van der Waals surface area contributed by atoms with Crippen LogP contribution in [-0.2, 0) is 20.9 Å². The molecule has 7 heteroatoms. The Hall–Kier alpha value is -4.23. The van der Waals surface area contributed by atoms with Crippen LogP contribution in [0.2, 0.25) is 0 Å². The van der Waals surface area contributed by atoms with Gasteiger partial charge in [0.25, 0.3) is 5.91 Å². The molecule has 5 aromatic rings. The second-order valence-corrected chi connectivity index (χ2v) is 9.02. The van der Waals surface area contributed by atoms with E-state index in [2.05, 4.69) is 5.32 Å². The van der Waals surface area contributed by atoms with E-state index in [-0.39, 0.29) is 18.0 Å². The van der Waals surface area contributed by atoms with Crippen molar-refractivity contribution in [2.24, 2.45) is 0 Å². The highest BCUT2D eigenvalue weighted by molar-refractivity contribution is 7.10. The van der Waals surface area contributed by atoms with E-state index in [1.165, 1.54) is 0 Å². The van der Waals surface area contributed by atoms with Crippen LogP contribution in [0.5, 0.6) is 0 Å². The van der Waals surface area contributed by atoms with Gasteiger partial charge < -0.3 is 14.6 Å². The van der Waals surface area contributed by atoms with Crippen LogP contribution in [0.3, 0.4) is 0 Å². The zero-order chi connectivity index (χ0) is 24.2. The molecule has 0 radical (unpaired) electrons. The maximum atomic E-state index is 12.9. The van der Waals surface area contributed by atoms with Gasteiger partial charge in [-0.15, -0.1) is 11.3 Å². The number of fused-ring (bicyclic) bond motifs is 2. The van der Waals surface area contributed by atoms with Gasteiger partial charge in [0, 0.05) is 15.6 Å². The first kappa shape index (κ1) is 22.6. The Bertz CT molecular complexity index is 1500. The summed E-state index contributed by atoms with van der Waals surface area (Å²) in [4.78, 5) is 39.4. The quantitative estimate of drug-likeness (QED) is 0.270. The first-order valence-corrected chi connectivity index (χ1v) is 12.0. The van der Waals surface area contributed by atoms with Crippen molar-refractivity contribution < 1.29 is 14.3 Å². The lowest BCUT2D eigenvalue weighted by Gasteiger charge is -2.18. The van der Waals surface area contributed by atoms with Gasteiger partial charge in [0.2, 0.25) is 0 Å². The molecule has 0 aliphatic carbocycles. The SMILES string of the molecule is O=C(COC(=O)Cn1c2ccccc2c(=O)c2ccccc21)NC(c1ccccc1)c1cccs1. The second kappa shape index (κ2) is 9.95. The molecular weight excluding hydrogens is 460 g/mol. The highest BCUT2D eigenvalue weighted by atomic mass is 32.1. The number of aromatic nitrogens is 1. The number of esters is 1. The Kier molecular flexibility index (Phi) is 6.41. The third-order valence-electron chi connectivity index (χ3n) is 5.80. The van der Waals surface area contributed by atoms with Gasteiger partial charge in [-0.2, -0.15) is 0 Å². The van der Waals surface area contributed by atoms with Gasteiger partial charge in [-0.25, -0.2) is 0 Å². The number of ether oxygens (including phenoxy) is 1. The van der Waals surface area contributed by atoms with E-state index in [4.69, 9.17) is 4.74 Å². The lowest BCUT2D eigenvalue weighted by Crippen LogP contribution is -2.33. The topological polar surface area (TPSA) is 77.4 Å². The Morgan fingerprint density at radius 1 is 0.829 bits per heavy atom. The molecule has 0 aliphatic rings. The molecular formula is C28H22N2O4S. The Morgan fingerprint density at radius 3 is 2.09 bits per heavy atom. The first-order valence-electron chi connectivity index (χ1n) is 11.2. The third-order valence-corrected chi connectivity index (χ3v) is 6.73. The first-order chi connectivity index (χ1) is 17.1. The second-order valence-electron chi connectivity index (χ2n) is 8.04. The van der Waals surface area contributed by atoms with E-state index in [0.29, 0.717) is 21.8 Å². The highest BCUT2D eigenvalue weighted by Gasteiger charge is 2.19. The molecule has 2 heterocycles. The maximum Gasteiger partial charge on any atom is 0.326 e. The fraction of sp³-hybridized carbons (Fsp3) is 0.107. The van der Waals surface area contributed by atoms with E-state index >= 15 is 0 Å². The molecule has 1 unspecified atom stereocenters. The zero-order valence-corrected chi connectivity index (χ0v) is 19.5. The van der Waals surface area contributed by atoms with Crippen molar-refractivity contribution in [1.82, 2.24) is 9.88 Å². The number of hydrogen-bond acceptors (Lipinski definition) is 5. The largest absolute Gasteiger partial charge is 0.454 e. The number of nitrogens with zero attached hydrogens (tertiary/aromatic N) is 1. The number of amides is 1. The van der Waals surface area contributed by atoms with Crippen LogP contribution < -0.4 is 10.7 Å². The average Bonchev–Trinajstić information content (AvgIpc) is 3.44. The smallest absolute Gasteiger partial charge is 0.326 e. The number of thiophene rings is 1. The maximum absolute atomic E-state index is 12.9. The standard InChI is InChI=1S/C28H22N2O4S/c31-25(29-27(24-15-8-16-35-24)19-9-2-1-3-10-19)18-34-26(32)17-30-22-13-6-4-11-20(22)28(33)21-12-5-7-14-23(21)30/h1-16,27H,17-18H2,(H,29,31). The molecule has 1 atom stereocenters. The molecule has 0 saturated carbocycles. The van der Waals surface area contributed by atoms with Gasteiger partial charge in [0.05, 0.1) is 17.1 Å². The van der Waals surface area contributed by atoms with E-state index in [0.717, 1.165) is 10.4 Å². The van der Waals surface area contributed by atoms with Gasteiger partial charge in [-0.05, 0) is 41.3 Å². The van der Waals surface area contributed by atoms with Crippen molar-refractivity contribution in [2.45, 2.75) is 12.6 Å². The minimum Gasteiger partial charge on any atom is -0.454 e. The molecule has 0 bridgehead atoms. The fourth-order valence-corrected chi connectivity index (χ4v) is 4.99. The molecule has 1 N–H and O–H groups in total. The van der Waals surface area contributed by atoms with Crippen LogP contribution in [0.15, 0.2) is 101 Å². The predicted molar refractivity (Wildman–Crippen MR) is 137 cm³/mol. The molecule has 0 aliphatic heterocycles. The van der Waals surface area contributed by atoms with Crippen molar-refractivity contribution in [3.63, 3.8) is 0 Å². The molecule has 35 heavy (non-hydrogen) atoms. The summed E-state index contributed by atoms with van der Waals surface area (Å²) in [5.74, 6) is -0.957. The normalized spacial score (nSPS) is 11.9. The number of benzene rings is 3. The van der Waals surface area contributed by atoms with Crippen molar-refractivity contribution in [2.75, 3.05) is 6.61 Å². The molecule has 3 aromatic carbocycles. The number of carbonyl (C=O) groups is 2. The lowest BCUT2D eigenvalue weighted by molar-refractivity contribution is -0.149. The van der Waals surface area contributed by atoms with Gasteiger partial charge >= 0.3 is 5.97 Å². The summed E-state index contributed by atoms with van der Waals surface area (Å²) in [6, 6.07) is 27.5. The Morgan fingerprint density at radius 2 is 1.46 bits per heavy atom. The predicted octanol–water partition coefficient (Wildman–Crippen LogP) is 4.67. The van der Waals surface area contributed by atoms with E-state index < -0.39 is 18.5 Å². The number of hydrogen-bond donors (Lipinski definition) is 1. The molecule has 0 spiro atoms. The Labute approximate surface area is 205 Å². The minimum absolute atomic E-state index is 0.0827. The molecule has 1 amide bonds. The van der Waals surface area contributed by atoms with Crippen LogP contribution >= 0.6 is 11.3 Å². The summed E-state index contributed by atoms with van der Waals surface area (Å²) in [5.41, 5.74) is 2.14. The summed E-state index contributed by atoms with van der Waals surface area (Å²) in [5, 5.41) is 5.98. The number of para-hydroxylation sites is 2. The summed E-state index contributed by atoms with van der Waals surface area (Å²) in [6.07, 6.45) is 0. The van der Waals surface area contributed by atoms with E-state index in [9.17, 15) is 14.4 Å². The van der Waals surface area contributed by atoms with Gasteiger partial charge in [-0.3, -0.25) is 14.4 Å². The zero-order valence-electron chi connectivity index (χ0n) is 18.7. The Balaban J connectivity index is 1.33. The fourth-order valence-electron chi connectivity index (χ4n) is 4.19. The molecule has 174 valence electrons. The van der Waals surface area contributed by atoms with E-state index in [1.807, 2.05) is 60.0 Å². The third kappa shape index (κ3) is 4.72. The summed E-state index contributed by atoms with van der Waals surface area (Å²) in [7, 11) is 0. The monoisotopic (exact) mass is 482 g/mol. The van der Waals surface area contributed by atoms with Crippen LogP contribution in [0.1, 0.15) is 16.5 Å². The van der Waals surface area contributed by atoms with Crippen LogP contribution in [0, 0.1) is 0 Å². The number of carbonyl (C=O) groups excluding carboxylic acids is 2. The number of pyridine rings is 1. The minimum atomic E-state index is -0.563. The van der Waals surface area contributed by atoms with Crippen molar-refractivity contribution >= 4 is 45.0 Å². The van der Waals surface area contributed by atoms with Crippen LogP contribution in [0.4, 0.5) is 0 Å². The average molecular weight is 483 g/mol. The van der Waals surface area contributed by atoms with E-state index in [1.54, 1.807) is 52.3 Å². The molecule has 2 aromatic heterocycles. The summed E-state index contributed by atoms with van der Waals surface area (Å²) < 4.78 is 7.10. The molecule has 0 saturated heterocycles. The van der Waals surface area contributed by atoms with Crippen molar-refractivity contribution in [1.29, 1.82) is 0 Å². The van der Waals surface area contributed by atoms with Crippen LogP contribution in [0.25, 0.3) is 21.8 Å². The highest BCUT2D eigenvalue weighted by Crippen LogP contribution is 2.26. The molecule has 5 rings (SSSR count). The van der Waals surface area contributed by atoms with Crippen molar-refractivity contribution in [3.05, 3.63) is 117 Å². The molecule has 6 nitrogen and oxygen atoms in total.